The highest BCUT2D eigenvalue weighted by atomic mass is 35.5. The van der Waals surface area contributed by atoms with E-state index < -0.39 is 0 Å². The Labute approximate surface area is 184 Å². The first kappa shape index (κ1) is 19.6. The van der Waals surface area contributed by atoms with E-state index in [1.165, 1.54) is 0 Å². The van der Waals surface area contributed by atoms with Gasteiger partial charge in [0.05, 0.1) is 4.87 Å². The third-order valence-electron chi connectivity index (χ3n) is 5.97. The molecule has 0 unspecified atom stereocenters. The van der Waals surface area contributed by atoms with Crippen molar-refractivity contribution in [1.29, 1.82) is 0 Å². The summed E-state index contributed by atoms with van der Waals surface area (Å²) in [7, 11) is 0. The molecule has 1 spiro atoms. The zero-order valence-electron chi connectivity index (χ0n) is 16.3. The molecule has 156 valence electrons. The third kappa shape index (κ3) is 3.40. The number of thioether (sulfide) groups is 1. The summed E-state index contributed by atoms with van der Waals surface area (Å²) in [5, 5.41) is 0.618. The summed E-state index contributed by atoms with van der Waals surface area (Å²) in [6.07, 6.45) is 1.51. The predicted molar refractivity (Wildman–Crippen MR) is 115 cm³/mol. The Balaban J connectivity index is 1.28. The Bertz CT molecular complexity index is 989. The number of hydrogen-bond donors (Lipinski definition) is 0. The summed E-state index contributed by atoms with van der Waals surface area (Å²) < 4.78 is 10.7. The van der Waals surface area contributed by atoms with Crippen molar-refractivity contribution in [3.05, 3.63) is 58.6 Å². The molecule has 0 bridgehead atoms. The molecule has 2 amide bonds. The molecule has 5 rings (SSSR count). The molecule has 0 aromatic heterocycles. The molecule has 8 heteroatoms. The van der Waals surface area contributed by atoms with Gasteiger partial charge in [-0.15, -0.1) is 11.8 Å². The van der Waals surface area contributed by atoms with Gasteiger partial charge in [-0.25, -0.2) is 0 Å². The first-order chi connectivity index (χ1) is 14.6. The molecule has 3 aliphatic heterocycles. The van der Waals surface area contributed by atoms with Gasteiger partial charge in [-0.05, 0) is 55.3 Å². The topological polar surface area (TPSA) is 59.1 Å². The van der Waals surface area contributed by atoms with E-state index in [-0.39, 0.29) is 23.5 Å². The molecule has 0 atom stereocenters. The Morgan fingerprint density at radius 2 is 1.60 bits per heavy atom. The molecule has 3 heterocycles. The molecule has 2 saturated heterocycles. The lowest BCUT2D eigenvalue weighted by atomic mass is 10.00. The second-order valence-electron chi connectivity index (χ2n) is 7.62. The van der Waals surface area contributed by atoms with E-state index >= 15 is 0 Å². The van der Waals surface area contributed by atoms with Crippen molar-refractivity contribution in [2.75, 3.05) is 32.2 Å². The van der Waals surface area contributed by atoms with E-state index in [1.807, 2.05) is 21.6 Å². The fraction of sp³-hybridized carbons (Fsp3) is 0.364. The number of halogens is 1. The number of amides is 2. The number of rotatable bonds is 2. The maximum absolute atomic E-state index is 13.1. The highest BCUT2D eigenvalue weighted by molar-refractivity contribution is 8.00. The van der Waals surface area contributed by atoms with Crippen molar-refractivity contribution in [2.45, 2.75) is 17.7 Å². The maximum atomic E-state index is 13.1. The van der Waals surface area contributed by atoms with Crippen LogP contribution in [0.2, 0.25) is 5.02 Å². The average molecular weight is 445 g/mol. The number of hydrogen-bond acceptors (Lipinski definition) is 5. The molecule has 6 nitrogen and oxygen atoms in total. The number of nitrogens with zero attached hydrogens (tertiary/aromatic N) is 2. The lowest BCUT2D eigenvalue weighted by Gasteiger charge is -2.44. The molecule has 30 heavy (non-hydrogen) atoms. The van der Waals surface area contributed by atoms with E-state index in [0.29, 0.717) is 40.7 Å². The maximum Gasteiger partial charge on any atom is 0.254 e. The molecule has 0 radical (unpaired) electrons. The van der Waals surface area contributed by atoms with Crippen molar-refractivity contribution in [3.63, 3.8) is 0 Å². The average Bonchev–Trinajstić information content (AvgIpc) is 3.40. The molecule has 2 aromatic rings. The van der Waals surface area contributed by atoms with Crippen molar-refractivity contribution in [3.8, 4) is 11.5 Å². The summed E-state index contributed by atoms with van der Waals surface area (Å²) in [6, 6.07) is 12.4. The van der Waals surface area contributed by atoms with Gasteiger partial charge in [0.1, 0.15) is 0 Å². The highest BCUT2D eigenvalue weighted by Gasteiger charge is 2.47. The van der Waals surface area contributed by atoms with E-state index in [4.69, 9.17) is 21.1 Å². The third-order valence-corrected chi connectivity index (χ3v) is 7.77. The summed E-state index contributed by atoms with van der Waals surface area (Å²) in [4.78, 5) is 29.8. The van der Waals surface area contributed by atoms with Gasteiger partial charge in [0.15, 0.2) is 11.5 Å². The van der Waals surface area contributed by atoms with Gasteiger partial charge >= 0.3 is 0 Å². The SMILES string of the molecule is O=C(c1ccc2c(c1)OCO2)N1CCC2(CC1)SCCN2C(=O)c1ccc(Cl)cc1. The minimum atomic E-state index is -0.248. The molecular formula is C22H21ClN2O4S. The molecular weight excluding hydrogens is 424 g/mol. The van der Waals surface area contributed by atoms with Gasteiger partial charge in [-0.1, -0.05) is 11.6 Å². The molecule has 0 aliphatic carbocycles. The number of piperidine rings is 1. The van der Waals surface area contributed by atoms with Crippen LogP contribution in [-0.2, 0) is 0 Å². The molecule has 0 N–H and O–H groups in total. The van der Waals surface area contributed by atoms with Crippen LogP contribution in [0.1, 0.15) is 33.6 Å². The highest BCUT2D eigenvalue weighted by Crippen LogP contribution is 2.45. The van der Waals surface area contributed by atoms with Crippen LogP contribution in [0, 0.1) is 0 Å². The smallest absolute Gasteiger partial charge is 0.254 e. The van der Waals surface area contributed by atoms with Crippen LogP contribution in [0.5, 0.6) is 11.5 Å². The van der Waals surface area contributed by atoms with Crippen LogP contribution >= 0.6 is 23.4 Å². The second kappa shape index (κ2) is 7.71. The van der Waals surface area contributed by atoms with Gasteiger partial charge in [0.25, 0.3) is 11.8 Å². The van der Waals surface area contributed by atoms with E-state index in [2.05, 4.69) is 0 Å². The van der Waals surface area contributed by atoms with Gasteiger partial charge < -0.3 is 19.3 Å². The van der Waals surface area contributed by atoms with Crippen LogP contribution in [0.3, 0.4) is 0 Å². The number of carbonyl (C=O) groups is 2. The Morgan fingerprint density at radius 1 is 0.900 bits per heavy atom. The lowest BCUT2D eigenvalue weighted by molar-refractivity contribution is 0.0497. The van der Waals surface area contributed by atoms with E-state index in [1.54, 1.807) is 42.5 Å². The number of benzene rings is 2. The quantitative estimate of drug-likeness (QED) is 0.703. The molecule has 3 aliphatic rings. The lowest BCUT2D eigenvalue weighted by Crippen LogP contribution is -2.53. The minimum Gasteiger partial charge on any atom is -0.454 e. The summed E-state index contributed by atoms with van der Waals surface area (Å²) >= 11 is 7.79. The Hall–Kier alpha value is -2.38. The normalized spacial score (nSPS) is 19.4. The van der Waals surface area contributed by atoms with E-state index in [9.17, 15) is 9.59 Å². The van der Waals surface area contributed by atoms with Gasteiger partial charge in [-0.2, -0.15) is 0 Å². The van der Waals surface area contributed by atoms with Gasteiger partial charge in [-0.3, -0.25) is 9.59 Å². The zero-order chi connectivity index (χ0) is 20.7. The van der Waals surface area contributed by atoms with Crippen molar-refractivity contribution in [1.82, 2.24) is 9.80 Å². The largest absolute Gasteiger partial charge is 0.454 e. The molecule has 0 saturated carbocycles. The standard InChI is InChI=1S/C22H21ClN2O4S/c23-17-4-1-15(2-5-17)21(27)25-11-12-30-22(25)7-9-24(10-8-22)20(26)16-3-6-18-19(13-16)29-14-28-18/h1-6,13H,7-12,14H2. The molecule has 2 aromatic carbocycles. The fourth-order valence-electron chi connectivity index (χ4n) is 4.33. The summed E-state index contributed by atoms with van der Waals surface area (Å²) in [5.74, 6) is 2.22. The first-order valence-corrected chi connectivity index (χ1v) is 11.3. The zero-order valence-corrected chi connectivity index (χ0v) is 17.9. The van der Waals surface area contributed by atoms with Crippen molar-refractivity contribution >= 4 is 35.2 Å². The van der Waals surface area contributed by atoms with Crippen LogP contribution in [-0.4, -0.2) is 58.7 Å². The van der Waals surface area contributed by atoms with Gasteiger partial charge in [0.2, 0.25) is 6.79 Å². The van der Waals surface area contributed by atoms with Crippen molar-refractivity contribution in [2.24, 2.45) is 0 Å². The first-order valence-electron chi connectivity index (χ1n) is 9.96. The van der Waals surface area contributed by atoms with E-state index in [0.717, 1.165) is 25.1 Å². The number of likely N-dealkylation sites (tertiary alicyclic amines) is 1. The summed E-state index contributed by atoms with van der Waals surface area (Å²) in [6.45, 7) is 2.14. The van der Waals surface area contributed by atoms with Crippen LogP contribution in [0.4, 0.5) is 0 Å². The minimum absolute atomic E-state index is 0.0123. The second-order valence-corrected chi connectivity index (χ2v) is 9.51. The number of fused-ring (bicyclic) bond motifs is 1. The Morgan fingerprint density at radius 3 is 2.37 bits per heavy atom. The predicted octanol–water partition coefficient (Wildman–Crippen LogP) is 3.89. The Kier molecular flexibility index (Phi) is 5.03. The van der Waals surface area contributed by atoms with Crippen molar-refractivity contribution < 1.29 is 19.1 Å². The van der Waals surface area contributed by atoms with Crippen LogP contribution in [0.15, 0.2) is 42.5 Å². The number of ether oxygens (including phenoxy) is 2. The van der Waals surface area contributed by atoms with Gasteiger partial charge in [0, 0.05) is 41.5 Å². The number of carbonyl (C=O) groups excluding carboxylic acids is 2. The molecule has 2 fully saturated rings. The fourth-order valence-corrected chi connectivity index (χ4v) is 5.91. The van der Waals surface area contributed by atoms with Crippen LogP contribution in [0.25, 0.3) is 0 Å². The monoisotopic (exact) mass is 444 g/mol. The summed E-state index contributed by atoms with van der Waals surface area (Å²) in [5.41, 5.74) is 1.25. The van der Waals surface area contributed by atoms with Crippen LogP contribution < -0.4 is 9.47 Å².